The maximum absolute atomic E-state index is 12.3. The lowest BCUT2D eigenvalue weighted by molar-refractivity contribution is -0.128. The molecule has 3 atom stereocenters. The Kier molecular flexibility index (Phi) is 2.60. The molecule has 1 aliphatic carbocycles. The van der Waals surface area contributed by atoms with E-state index < -0.39 is 0 Å². The molecule has 3 fully saturated rings. The van der Waals surface area contributed by atoms with Crippen molar-refractivity contribution in [3.05, 3.63) is 0 Å². The average molecular weight is 236 g/mol. The summed E-state index contributed by atoms with van der Waals surface area (Å²) in [5.41, 5.74) is 0. The Hall–Kier alpha value is -1.06. The van der Waals surface area contributed by atoms with Gasteiger partial charge in [-0.15, -0.1) is 0 Å². The lowest BCUT2D eigenvalue weighted by Gasteiger charge is -2.30. The van der Waals surface area contributed by atoms with E-state index in [9.17, 15) is 9.59 Å². The van der Waals surface area contributed by atoms with Crippen LogP contribution in [0.2, 0.25) is 0 Å². The summed E-state index contributed by atoms with van der Waals surface area (Å²) in [4.78, 5) is 27.8. The van der Waals surface area contributed by atoms with E-state index in [2.05, 4.69) is 0 Å². The second-order valence-corrected chi connectivity index (χ2v) is 5.54. The van der Waals surface area contributed by atoms with Crippen LogP contribution >= 0.6 is 0 Å². The number of nitrogens with zero attached hydrogens (tertiary/aromatic N) is 2. The van der Waals surface area contributed by atoms with Crippen LogP contribution in [-0.2, 0) is 4.79 Å². The van der Waals surface area contributed by atoms with E-state index in [1.165, 1.54) is 24.2 Å². The summed E-state index contributed by atoms with van der Waals surface area (Å²) < 4.78 is 0. The lowest BCUT2D eigenvalue weighted by atomic mass is 9.84. The van der Waals surface area contributed by atoms with Crippen LogP contribution in [0.4, 0.5) is 4.79 Å². The molecule has 0 N–H and O–H groups in total. The fraction of sp³-hybridized carbons (Fsp3) is 0.846. The number of urea groups is 1. The standard InChI is InChI=1S/C13H20N2O2/c1-2-7-14-12(16)11-8-9-5-3-4-6-10(9)15(11)13(14)17/h9-11H,2-8H2,1H3. The molecule has 1 saturated carbocycles. The zero-order chi connectivity index (χ0) is 12.0. The molecule has 2 heterocycles. The van der Waals surface area contributed by atoms with E-state index in [4.69, 9.17) is 0 Å². The molecule has 3 unspecified atom stereocenters. The number of rotatable bonds is 2. The Labute approximate surface area is 102 Å². The van der Waals surface area contributed by atoms with E-state index in [1.807, 2.05) is 11.8 Å². The van der Waals surface area contributed by atoms with Crippen LogP contribution in [0.3, 0.4) is 0 Å². The van der Waals surface area contributed by atoms with Crippen LogP contribution in [-0.4, -0.2) is 40.4 Å². The summed E-state index contributed by atoms with van der Waals surface area (Å²) in [7, 11) is 0. The van der Waals surface area contributed by atoms with Gasteiger partial charge in [0.05, 0.1) is 0 Å². The second kappa shape index (κ2) is 4.00. The van der Waals surface area contributed by atoms with Crippen molar-refractivity contribution in [2.45, 2.75) is 57.5 Å². The molecule has 0 aromatic carbocycles. The van der Waals surface area contributed by atoms with Crippen LogP contribution in [0, 0.1) is 5.92 Å². The molecular weight excluding hydrogens is 216 g/mol. The molecule has 2 aliphatic heterocycles. The molecule has 17 heavy (non-hydrogen) atoms. The molecule has 2 saturated heterocycles. The molecular formula is C13H20N2O2. The van der Waals surface area contributed by atoms with Crippen LogP contribution in [0.25, 0.3) is 0 Å². The average Bonchev–Trinajstić information content (AvgIpc) is 2.82. The number of amides is 3. The summed E-state index contributed by atoms with van der Waals surface area (Å²) in [5, 5.41) is 0. The normalized spacial score (nSPS) is 36.4. The summed E-state index contributed by atoms with van der Waals surface area (Å²) >= 11 is 0. The van der Waals surface area contributed by atoms with Gasteiger partial charge in [-0.05, 0) is 31.6 Å². The molecule has 4 nitrogen and oxygen atoms in total. The first-order valence-electron chi connectivity index (χ1n) is 6.87. The van der Waals surface area contributed by atoms with Gasteiger partial charge >= 0.3 is 6.03 Å². The van der Waals surface area contributed by atoms with Crippen LogP contribution < -0.4 is 0 Å². The predicted octanol–water partition coefficient (Wildman–Crippen LogP) is 1.99. The number of hydrogen-bond acceptors (Lipinski definition) is 2. The van der Waals surface area contributed by atoms with Crippen LogP contribution in [0.5, 0.6) is 0 Å². The molecule has 3 aliphatic rings. The number of hydrogen-bond donors (Lipinski definition) is 0. The number of carbonyl (C=O) groups is 2. The summed E-state index contributed by atoms with van der Waals surface area (Å²) in [6, 6.07) is 0.213. The van der Waals surface area contributed by atoms with Crippen molar-refractivity contribution in [3.63, 3.8) is 0 Å². The summed E-state index contributed by atoms with van der Waals surface area (Å²) in [6.07, 6.45) is 6.54. The highest BCUT2D eigenvalue weighted by Crippen LogP contribution is 2.43. The topological polar surface area (TPSA) is 40.6 Å². The summed E-state index contributed by atoms with van der Waals surface area (Å²) in [6.45, 7) is 2.59. The van der Waals surface area contributed by atoms with Crippen molar-refractivity contribution >= 4 is 11.9 Å². The highest BCUT2D eigenvalue weighted by Gasteiger charge is 2.55. The van der Waals surface area contributed by atoms with Gasteiger partial charge < -0.3 is 4.90 Å². The van der Waals surface area contributed by atoms with E-state index >= 15 is 0 Å². The highest BCUT2D eigenvalue weighted by atomic mass is 16.2. The summed E-state index contributed by atoms with van der Waals surface area (Å²) in [5.74, 6) is 0.650. The maximum atomic E-state index is 12.3. The molecule has 3 amide bonds. The zero-order valence-electron chi connectivity index (χ0n) is 10.4. The largest absolute Gasteiger partial charge is 0.327 e. The molecule has 94 valence electrons. The minimum absolute atomic E-state index is 0.0174. The molecule has 0 radical (unpaired) electrons. The third-order valence-corrected chi connectivity index (χ3v) is 4.54. The Morgan fingerprint density at radius 2 is 2.00 bits per heavy atom. The van der Waals surface area contributed by atoms with Crippen molar-refractivity contribution < 1.29 is 9.59 Å². The van der Waals surface area contributed by atoms with Gasteiger partial charge in [-0.3, -0.25) is 9.69 Å². The van der Waals surface area contributed by atoms with Crippen molar-refractivity contribution in [2.75, 3.05) is 6.54 Å². The van der Waals surface area contributed by atoms with Gasteiger partial charge in [-0.1, -0.05) is 19.8 Å². The minimum Gasteiger partial charge on any atom is -0.309 e. The van der Waals surface area contributed by atoms with Gasteiger partial charge in [-0.2, -0.15) is 0 Å². The fourth-order valence-corrected chi connectivity index (χ4v) is 3.80. The Morgan fingerprint density at radius 3 is 2.76 bits per heavy atom. The molecule has 4 heteroatoms. The monoisotopic (exact) mass is 236 g/mol. The molecule has 0 aromatic rings. The SMILES string of the molecule is CCCN1C(=O)C2CC3CCCCC3N2C1=O. The number of fused-ring (bicyclic) bond motifs is 3. The molecule has 3 rings (SSSR count). The van der Waals surface area contributed by atoms with Crippen LogP contribution in [0.1, 0.15) is 45.4 Å². The third kappa shape index (κ3) is 1.49. The van der Waals surface area contributed by atoms with E-state index in [0.717, 1.165) is 19.3 Å². The van der Waals surface area contributed by atoms with Crippen molar-refractivity contribution in [3.8, 4) is 0 Å². The van der Waals surface area contributed by atoms with E-state index in [-0.39, 0.29) is 18.0 Å². The van der Waals surface area contributed by atoms with Crippen molar-refractivity contribution in [1.82, 2.24) is 9.80 Å². The first-order chi connectivity index (χ1) is 8.24. The zero-order valence-corrected chi connectivity index (χ0v) is 10.4. The fourth-order valence-electron chi connectivity index (χ4n) is 3.80. The van der Waals surface area contributed by atoms with Gasteiger partial charge in [-0.25, -0.2) is 4.79 Å². The van der Waals surface area contributed by atoms with Gasteiger partial charge in [0.1, 0.15) is 6.04 Å². The van der Waals surface area contributed by atoms with Gasteiger partial charge in [0, 0.05) is 12.6 Å². The van der Waals surface area contributed by atoms with Crippen molar-refractivity contribution in [2.24, 2.45) is 5.92 Å². The minimum atomic E-state index is -0.123. The first-order valence-corrected chi connectivity index (χ1v) is 6.87. The quantitative estimate of drug-likeness (QED) is 0.688. The Bertz CT molecular complexity index is 355. The maximum Gasteiger partial charge on any atom is 0.327 e. The van der Waals surface area contributed by atoms with E-state index in [1.54, 1.807) is 0 Å². The molecule has 0 spiro atoms. The predicted molar refractivity (Wildman–Crippen MR) is 63.4 cm³/mol. The Balaban J connectivity index is 1.84. The van der Waals surface area contributed by atoms with Gasteiger partial charge in [0.15, 0.2) is 0 Å². The van der Waals surface area contributed by atoms with E-state index in [0.29, 0.717) is 18.5 Å². The lowest BCUT2D eigenvalue weighted by Crippen LogP contribution is -2.41. The van der Waals surface area contributed by atoms with Gasteiger partial charge in [0.2, 0.25) is 0 Å². The number of imide groups is 1. The first kappa shape index (κ1) is 11.1. The molecule has 0 aromatic heterocycles. The second-order valence-electron chi connectivity index (χ2n) is 5.54. The molecule has 0 bridgehead atoms. The smallest absolute Gasteiger partial charge is 0.309 e. The Morgan fingerprint density at radius 1 is 1.24 bits per heavy atom. The highest BCUT2D eigenvalue weighted by molar-refractivity contribution is 6.04. The van der Waals surface area contributed by atoms with Gasteiger partial charge in [0.25, 0.3) is 5.91 Å². The number of carbonyl (C=O) groups excluding carboxylic acids is 2. The van der Waals surface area contributed by atoms with Crippen molar-refractivity contribution in [1.29, 1.82) is 0 Å². The third-order valence-electron chi connectivity index (χ3n) is 4.54. The van der Waals surface area contributed by atoms with Crippen LogP contribution in [0.15, 0.2) is 0 Å².